The molecule has 2 unspecified atom stereocenters. The highest BCUT2D eigenvalue weighted by molar-refractivity contribution is 7.10. The first kappa shape index (κ1) is 13.0. The van der Waals surface area contributed by atoms with Crippen LogP contribution in [0.1, 0.15) is 36.5 Å². The first-order valence-electron chi connectivity index (χ1n) is 6.14. The molecule has 0 amide bonds. The number of aliphatic imine (C=N–C) groups is 1. The van der Waals surface area contributed by atoms with Gasteiger partial charge in [-0.05, 0) is 24.3 Å². The second-order valence-electron chi connectivity index (χ2n) is 4.57. The monoisotopic (exact) mass is 267 g/mol. The molecule has 6 heteroatoms. The highest BCUT2D eigenvalue weighted by Crippen LogP contribution is 2.30. The van der Waals surface area contributed by atoms with Crippen molar-refractivity contribution in [2.45, 2.75) is 37.6 Å². The molecule has 2 rings (SSSR count). The van der Waals surface area contributed by atoms with Gasteiger partial charge in [0.05, 0.1) is 17.8 Å². The van der Waals surface area contributed by atoms with Crippen molar-refractivity contribution in [3.8, 4) is 0 Å². The number of hydrogen-bond donors (Lipinski definition) is 1. The van der Waals surface area contributed by atoms with Crippen molar-refractivity contribution in [2.75, 3.05) is 6.54 Å². The second kappa shape index (κ2) is 5.95. The van der Waals surface area contributed by atoms with E-state index in [-0.39, 0.29) is 23.4 Å². The van der Waals surface area contributed by atoms with Gasteiger partial charge in [0.1, 0.15) is 0 Å². The van der Waals surface area contributed by atoms with E-state index in [0.717, 1.165) is 30.6 Å². The zero-order valence-corrected chi connectivity index (χ0v) is 10.9. The lowest BCUT2D eigenvalue weighted by molar-refractivity contribution is -0.483. The van der Waals surface area contributed by atoms with Gasteiger partial charge in [-0.2, -0.15) is 0 Å². The molecule has 0 aliphatic carbocycles. The number of hydrogen-bond acceptors (Lipinski definition) is 5. The largest absolute Gasteiger partial charge is 0.387 e. The van der Waals surface area contributed by atoms with Crippen molar-refractivity contribution in [3.63, 3.8) is 0 Å². The Morgan fingerprint density at radius 1 is 1.61 bits per heavy atom. The van der Waals surface area contributed by atoms with Gasteiger partial charge >= 0.3 is 0 Å². The van der Waals surface area contributed by atoms with Gasteiger partial charge in [-0.1, -0.05) is 12.5 Å². The van der Waals surface area contributed by atoms with E-state index < -0.39 is 0 Å². The summed E-state index contributed by atoms with van der Waals surface area (Å²) in [6.45, 7) is -0.0675. The van der Waals surface area contributed by atoms with Crippen molar-refractivity contribution >= 4 is 17.2 Å². The van der Waals surface area contributed by atoms with E-state index in [1.807, 2.05) is 17.5 Å². The Bertz CT molecular complexity index is 431. The van der Waals surface area contributed by atoms with E-state index in [1.54, 1.807) is 11.3 Å². The molecule has 1 aliphatic heterocycles. The molecule has 5 nitrogen and oxygen atoms in total. The summed E-state index contributed by atoms with van der Waals surface area (Å²) >= 11 is 1.56. The molecule has 98 valence electrons. The Morgan fingerprint density at radius 2 is 2.44 bits per heavy atom. The number of nitro groups is 1. The van der Waals surface area contributed by atoms with Crippen LogP contribution in [0.25, 0.3) is 0 Å². The molecule has 2 atom stereocenters. The summed E-state index contributed by atoms with van der Waals surface area (Å²) in [7, 11) is 0. The predicted octanol–water partition coefficient (Wildman–Crippen LogP) is 2.41. The normalized spacial score (nSPS) is 22.0. The van der Waals surface area contributed by atoms with E-state index in [9.17, 15) is 10.1 Å². The zero-order valence-electron chi connectivity index (χ0n) is 10.1. The summed E-state index contributed by atoms with van der Waals surface area (Å²) in [5, 5.41) is 12.8. The lowest BCUT2D eigenvalue weighted by Crippen LogP contribution is -2.25. The van der Waals surface area contributed by atoms with Crippen LogP contribution in [-0.4, -0.2) is 23.3 Å². The van der Waals surface area contributed by atoms with Crippen molar-refractivity contribution in [3.05, 3.63) is 32.5 Å². The van der Waals surface area contributed by atoms with Crippen molar-refractivity contribution in [1.82, 2.24) is 0 Å². The van der Waals surface area contributed by atoms with Gasteiger partial charge in [-0.25, -0.2) is 0 Å². The molecular weight excluding hydrogens is 250 g/mol. The smallest absolute Gasteiger partial charge is 0.213 e. The van der Waals surface area contributed by atoms with Crippen LogP contribution in [0.4, 0.5) is 0 Å². The highest BCUT2D eigenvalue weighted by Gasteiger charge is 2.29. The van der Waals surface area contributed by atoms with E-state index in [1.165, 1.54) is 0 Å². The maximum Gasteiger partial charge on any atom is 0.213 e. The summed E-state index contributed by atoms with van der Waals surface area (Å²) < 4.78 is 0. The Morgan fingerprint density at radius 3 is 3.11 bits per heavy atom. The molecule has 18 heavy (non-hydrogen) atoms. The van der Waals surface area contributed by atoms with Crippen LogP contribution in [0.3, 0.4) is 0 Å². The van der Waals surface area contributed by atoms with E-state index >= 15 is 0 Å². The Hall–Kier alpha value is -1.43. The van der Waals surface area contributed by atoms with Gasteiger partial charge in [-0.15, -0.1) is 11.3 Å². The number of nitrogens with zero attached hydrogens (tertiary/aromatic N) is 2. The van der Waals surface area contributed by atoms with Crippen LogP contribution in [0.5, 0.6) is 0 Å². The Balaban J connectivity index is 2.22. The maximum absolute atomic E-state index is 10.8. The number of thiophene rings is 1. The van der Waals surface area contributed by atoms with Crippen LogP contribution < -0.4 is 5.73 Å². The fourth-order valence-electron chi connectivity index (χ4n) is 2.36. The van der Waals surface area contributed by atoms with Crippen LogP contribution in [0.2, 0.25) is 0 Å². The quantitative estimate of drug-likeness (QED) is 0.671. The van der Waals surface area contributed by atoms with Gasteiger partial charge in [0.15, 0.2) is 0 Å². The molecule has 0 radical (unpaired) electrons. The van der Waals surface area contributed by atoms with Gasteiger partial charge < -0.3 is 5.73 Å². The average Bonchev–Trinajstić information content (AvgIpc) is 2.75. The number of amidine groups is 1. The molecular formula is C12H17N3O2S. The highest BCUT2D eigenvalue weighted by atomic mass is 32.1. The first-order chi connectivity index (χ1) is 8.66. The maximum atomic E-state index is 10.8. The SMILES string of the molecule is NC1=NC(C(C[N+](=O)[O-])c2cccs2)CCCC1. The molecule has 2 heterocycles. The van der Waals surface area contributed by atoms with Crippen molar-refractivity contribution in [1.29, 1.82) is 0 Å². The first-order valence-corrected chi connectivity index (χ1v) is 7.02. The summed E-state index contributed by atoms with van der Waals surface area (Å²) in [4.78, 5) is 16.1. The molecule has 1 aliphatic rings. The number of rotatable bonds is 4. The molecule has 0 spiro atoms. The molecule has 0 saturated heterocycles. The van der Waals surface area contributed by atoms with Crippen LogP contribution in [-0.2, 0) is 0 Å². The standard InChI is InChI=1S/C12H17N3O2S/c13-12-6-2-1-4-10(14-12)9(8-15(16)17)11-5-3-7-18-11/h3,5,7,9-10H,1-2,4,6,8H2,(H2,13,14). The van der Waals surface area contributed by atoms with Gasteiger partial charge in [0, 0.05) is 16.2 Å². The Kier molecular flexibility index (Phi) is 4.30. The molecule has 1 aromatic heterocycles. The lowest BCUT2D eigenvalue weighted by Gasteiger charge is -2.19. The lowest BCUT2D eigenvalue weighted by atomic mass is 9.94. The van der Waals surface area contributed by atoms with Crippen LogP contribution >= 0.6 is 11.3 Å². The minimum absolute atomic E-state index is 0.0449. The summed E-state index contributed by atoms with van der Waals surface area (Å²) in [6.07, 6.45) is 3.76. The van der Waals surface area contributed by atoms with E-state index in [2.05, 4.69) is 4.99 Å². The van der Waals surface area contributed by atoms with Gasteiger partial charge in [-0.3, -0.25) is 15.1 Å². The van der Waals surface area contributed by atoms with Crippen molar-refractivity contribution < 1.29 is 4.92 Å². The van der Waals surface area contributed by atoms with Crippen molar-refractivity contribution in [2.24, 2.45) is 10.7 Å². The van der Waals surface area contributed by atoms with E-state index in [4.69, 9.17) is 5.73 Å². The summed E-state index contributed by atoms with van der Waals surface area (Å²) in [5.41, 5.74) is 5.83. The minimum Gasteiger partial charge on any atom is -0.387 e. The van der Waals surface area contributed by atoms with Crippen LogP contribution in [0, 0.1) is 10.1 Å². The van der Waals surface area contributed by atoms with E-state index in [0.29, 0.717) is 5.84 Å². The minimum atomic E-state index is -0.249. The zero-order chi connectivity index (χ0) is 13.0. The van der Waals surface area contributed by atoms with Crippen LogP contribution in [0.15, 0.2) is 22.5 Å². The molecule has 2 N–H and O–H groups in total. The molecule has 0 bridgehead atoms. The molecule has 0 aromatic carbocycles. The Labute approximate surface area is 110 Å². The third-order valence-corrected chi connectivity index (χ3v) is 4.24. The summed E-state index contributed by atoms with van der Waals surface area (Å²) in [6, 6.07) is 3.84. The predicted molar refractivity (Wildman–Crippen MR) is 72.8 cm³/mol. The fraction of sp³-hybridized carbons (Fsp3) is 0.583. The molecule has 1 aromatic rings. The third kappa shape index (κ3) is 3.29. The van der Waals surface area contributed by atoms with Gasteiger partial charge in [0.25, 0.3) is 0 Å². The molecule has 0 saturated carbocycles. The number of nitrogens with two attached hydrogens (primary N) is 1. The van der Waals surface area contributed by atoms with Gasteiger partial charge in [0.2, 0.25) is 6.54 Å². The summed E-state index contributed by atoms with van der Waals surface area (Å²) in [5.74, 6) is 0.499. The second-order valence-corrected chi connectivity index (χ2v) is 5.55. The topological polar surface area (TPSA) is 81.5 Å². The third-order valence-electron chi connectivity index (χ3n) is 3.23. The average molecular weight is 267 g/mol. The molecule has 0 fully saturated rings. The fourth-order valence-corrected chi connectivity index (χ4v) is 3.23.